The Bertz CT molecular complexity index is 1100. The molecule has 0 saturated carbocycles. The van der Waals surface area contributed by atoms with Gasteiger partial charge in [0.1, 0.15) is 6.54 Å². The van der Waals surface area contributed by atoms with Crippen LogP contribution < -0.4 is 11.2 Å². The van der Waals surface area contributed by atoms with Crippen molar-refractivity contribution in [1.29, 1.82) is 0 Å². The average molecular weight is 335 g/mol. The summed E-state index contributed by atoms with van der Waals surface area (Å²) < 4.78 is 1.33. The molecule has 1 atom stereocenters. The molecule has 0 unspecified atom stereocenters. The summed E-state index contributed by atoms with van der Waals surface area (Å²) in [4.78, 5) is 41.1. The summed E-state index contributed by atoms with van der Waals surface area (Å²) in [5.74, 6) is -0.150. The van der Waals surface area contributed by atoms with Gasteiger partial charge in [-0.1, -0.05) is 36.4 Å². The van der Waals surface area contributed by atoms with E-state index in [0.29, 0.717) is 17.4 Å². The maximum atomic E-state index is 12.8. The molecular formula is C19H17N3O3. The van der Waals surface area contributed by atoms with E-state index in [2.05, 4.69) is 4.98 Å². The van der Waals surface area contributed by atoms with Crippen LogP contribution in [0.4, 0.5) is 0 Å². The highest BCUT2D eigenvalue weighted by Gasteiger charge is 2.30. The molecule has 0 spiro atoms. The summed E-state index contributed by atoms with van der Waals surface area (Å²) in [6, 6.07) is 14.7. The number of benzene rings is 2. The third kappa shape index (κ3) is 2.46. The monoisotopic (exact) mass is 335 g/mol. The number of amides is 1. The quantitative estimate of drug-likeness (QED) is 0.776. The van der Waals surface area contributed by atoms with E-state index in [1.807, 2.05) is 31.2 Å². The zero-order valence-electron chi connectivity index (χ0n) is 13.7. The van der Waals surface area contributed by atoms with E-state index in [4.69, 9.17) is 0 Å². The molecule has 0 bridgehead atoms. The first-order valence-electron chi connectivity index (χ1n) is 8.15. The van der Waals surface area contributed by atoms with Crippen molar-refractivity contribution in [3.8, 4) is 0 Å². The maximum absolute atomic E-state index is 12.8. The van der Waals surface area contributed by atoms with Crippen LogP contribution in [0.15, 0.2) is 58.1 Å². The predicted octanol–water partition coefficient (Wildman–Crippen LogP) is 1.79. The van der Waals surface area contributed by atoms with Crippen LogP contribution in [0.5, 0.6) is 0 Å². The van der Waals surface area contributed by atoms with Crippen molar-refractivity contribution >= 4 is 16.8 Å². The summed E-state index contributed by atoms with van der Waals surface area (Å²) in [6.07, 6.45) is 0. The first kappa shape index (κ1) is 15.4. The number of hydrogen-bond acceptors (Lipinski definition) is 3. The van der Waals surface area contributed by atoms with Crippen molar-refractivity contribution in [2.24, 2.45) is 0 Å². The van der Waals surface area contributed by atoms with Crippen molar-refractivity contribution in [2.75, 3.05) is 0 Å². The molecule has 1 aliphatic heterocycles. The number of aromatic nitrogens is 2. The Kier molecular flexibility index (Phi) is 3.53. The number of para-hydroxylation sites is 1. The SMILES string of the molecule is C[C@@H]1c2ccccc2CN1C(=O)Cn1c(=O)[nH]c(=O)c2ccccc21. The Morgan fingerprint density at radius 3 is 2.64 bits per heavy atom. The Labute approximate surface area is 143 Å². The molecule has 3 aromatic rings. The highest BCUT2D eigenvalue weighted by Crippen LogP contribution is 2.33. The predicted molar refractivity (Wildman–Crippen MR) is 94.2 cm³/mol. The summed E-state index contributed by atoms with van der Waals surface area (Å²) >= 11 is 0. The van der Waals surface area contributed by atoms with Gasteiger partial charge in [-0.15, -0.1) is 0 Å². The van der Waals surface area contributed by atoms with Crippen molar-refractivity contribution in [3.63, 3.8) is 0 Å². The minimum absolute atomic E-state index is 0.0339. The Balaban J connectivity index is 1.70. The molecule has 0 radical (unpaired) electrons. The lowest BCUT2D eigenvalue weighted by molar-refractivity contribution is -0.133. The van der Waals surface area contributed by atoms with Crippen LogP contribution in [0.1, 0.15) is 24.1 Å². The minimum Gasteiger partial charge on any atom is -0.330 e. The van der Waals surface area contributed by atoms with Gasteiger partial charge in [0.2, 0.25) is 5.91 Å². The fourth-order valence-corrected chi connectivity index (χ4v) is 3.50. The van der Waals surface area contributed by atoms with Gasteiger partial charge in [0.05, 0.1) is 16.9 Å². The van der Waals surface area contributed by atoms with Gasteiger partial charge in [-0.3, -0.25) is 19.1 Å². The van der Waals surface area contributed by atoms with E-state index in [1.54, 1.807) is 29.2 Å². The number of carbonyl (C=O) groups excluding carboxylic acids is 1. The second kappa shape index (κ2) is 5.73. The Morgan fingerprint density at radius 1 is 1.12 bits per heavy atom. The van der Waals surface area contributed by atoms with Crippen LogP contribution in [-0.4, -0.2) is 20.4 Å². The molecule has 1 aromatic heterocycles. The lowest BCUT2D eigenvalue weighted by atomic mass is 10.1. The largest absolute Gasteiger partial charge is 0.330 e. The number of carbonyl (C=O) groups is 1. The molecule has 1 N–H and O–H groups in total. The molecule has 6 nitrogen and oxygen atoms in total. The molecular weight excluding hydrogens is 318 g/mol. The van der Waals surface area contributed by atoms with E-state index in [1.165, 1.54) is 4.57 Å². The summed E-state index contributed by atoms with van der Waals surface area (Å²) in [5.41, 5.74) is 1.72. The summed E-state index contributed by atoms with van der Waals surface area (Å²) in [6.45, 7) is 2.41. The molecule has 126 valence electrons. The fourth-order valence-electron chi connectivity index (χ4n) is 3.50. The van der Waals surface area contributed by atoms with Crippen molar-refractivity contribution < 1.29 is 4.79 Å². The standard InChI is InChI=1S/C19H17N3O3/c1-12-14-7-3-2-6-13(14)10-21(12)17(23)11-22-16-9-5-4-8-15(16)18(24)20-19(22)25/h2-9,12H,10-11H2,1H3,(H,20,24,25)/t12-/m1/s1. The van der Waals surface area contributed by atoms with E-state index in [0.717, 1.165) is 11.1 Å². The van der Waals surface area contributed by atoms with Crippen LogP contribution in [0, 0.1) is 0 Å². The number of rotatable bonds is 2. The van der Waals surface area contributed by atoms with E-state index >= 15 is 0 Å². The smallest absolute Gasteiger partial charge is 0.329 e. The number of nitrogens with one attached hydrogen (secondary N) is 1. The third-order valence-corrected chi connectivity index (χ3v) is 4.83. The topological polar surface area (TPSA) is 75.2 Å². The fraction of sp³-hybridized carbons (Fsp3) is 0.211. The minimum atomic E-state index is -0.568. The van der Waals surface area contributed by atoms with E-state index in [9.17, 15) is 14.4 Å². The van der Waals surface area contributed by atoms with Gasteiger partial charge in [0.15, 0.2) is 0 Å². The molecule has 0 aliphatic carbocycles. The van der Waals surface area contributed by atoms with Crippen LogP contribution in [0.3, 0.4) is 0 Å². The van der Waals surface area contributed by atoms with Crippen molar-refractivity contribution in [3.05, 3.63) is 80.5 Å². The zero-order valence-corrected chi connectivity index (χ0v) is 13.7. The highest BCUT2D eigenvalue weighted by atomic mass is 16.2. The second-order valence-corrected chi connectivity index (χ2v) is 6.26. The normalized spacial score (nSPS) is 16.2. The average Bonchev–Trinajstić information content (AvgIpc) is 2.96. The molecule has 6 heteroatoms. The van der Waals surface area contributed by atoms with Gasteiger partial charge >= 0.3 is 5.69 Å². The molecule has 0 fully saturated rings. The number of fused-ring (bicyclic) bond motifs is 2. The van der Waals surface area contributed by atoms with Gasteiger partial charge in [-0.25, -0.2) is 4.79 Å². The molecule has 1 amide bonds. The molecule has 0 saturated heterocycles. The molecule has 2 aromatic carbocycles. The van der Waals surface area contributed by atoms with Crippen molar-refractivity contribution in [2.45, 2.75) is 26.1 Å². The Hall–Kier alpha value is -3.15. The van der Waals surface area contributed by atoms with Crippen LogP contribution in [0.2, 0.25) is 0 Å². The zero-order chi connectivity index (χ0) is 17.6. The number of aromatic amines is 1. The molecule has 4 rings (SSSR count). The van der Waals surface area contributed by atoms with Gasteiger partial charge in [0.25, 0.3) is 5.56 Å². The molecule has 2 heterocycles. The lowest BCUT2D eigenvalue weighted by Crippen LogP contribution is -2.37. The second-order valence-electron chi connectivity index (χ2n) is 6.26. The van der Waals surface area contributed by atoms with E-state index < -0.39 is 11.2 Å². The first-order valence-corrected chi connectivity index (χ1v) is 8.15. The summed E-state index contributed by atoms with van der Waals surface area (Å²) in [7, 11) is 0. The summed E-state index contributed by atoms with van der Waals surface area (Å²) in [5, 5.41) is 0.396. The number of hydrogen-bond donors (Lipinski definition) is 1. The highest BCUT2D eigenvalue weighted by molar-refractivity contribution is 5.82. The lowest BCUT2D eigenvalue weighted by Gasteiger charge is -2.22. The van der Waals surface area contributed by atoms with Gasteiger partial charge in [-0.2, -0.15) is 0 Å². The molecule has 1 aliphatic rings. The Morgan fingerprint density at radius 2 is 1.84 bits per heavy atom. The number of nitrogens with zero attached hydrogens (tertiary/aromatic N) is 2. The van der Waals surface area contributed by atoms with Gasteiger partial charge in [0, 0.05) is 6.54 Å². The van der Waals surface area contributed by atoms with E-state index in [-0.39, 0.29) is 18.5 Å². The first-order chi connectivity index (χ1) is 12.1. The van der Waals surface area contributed by atoms with Crippen LogP contribution in [0.25, 0.3) is 10.9 Å². The third-order valence-electron chi connectivity index (χ3n) is 4.83. The van der Waals surface area contributed by atoms with Crippen LogP contribution >= 0.6 is 0 Å². The van der Waals surface area contributed by atoms with Gasteiger partial charge < -0.3 is 4.90 Å². The van der Waals surface area contributed by atoms with Crippen LogP contribution in [-0.2, 0) is 17.9 Å². The molecule has 25 heavy (non-hydrogen) atoms. The maximum Gasteiger partial charge on any atom is 0.329 e. The van der Waals surface area contributed by atoms with Crippen molar-refractivity contribution in [1.82, 2.24) is 14.5 Å². The number of H-pyrrole nitrogens is 1. The van der Waals surface area contributed by atoms with Gasteiger partial charge in [-0.05, 0) is 30.2 Å².